The van der Waals surface area contributed by atoms with Gasteiger partial charge in [-0.05, 0) is 100 Å². The number of imidazole rings is 2. The minimum atomic E-state index is -0.694. The number of nitrogens with one attached hydrogen (secondary N) is 4. The molecule has 2 saturated heterocycles. The van der Waals surface area contributed by atoms with Crippen molar-refractivity contribution >= 4 is 45.8 Å². The van der Waals surface area contributed by atoms with Crippen LogP contribution in [0.3, 0.4) is 0 Å². The number of rotatable bonds is 11. The Morgan fingerprint density at radius 2 is 1.13 bits per heavy atom. The van der Waals surface area contributed by atoms with Crippen molar-refractivity contribution in [2.24, 2.45) is 11.8 Å². The highest BCUT2D eigenvalue weighted by atomic mass is 16.5. The third-order valence-corrected chi connectivity index (χ3v) is 12.3. The molecule has 6 aromatic rings. The number of hydrogen-bond acceptors (Lipinski definition) is 8. The van der Waals surface area contributed by atoms with Gasteiger partial charge in [-0.2, -0.15) is 0 Å². The van der Waals surface area contributed by atoms with Gasteiger partial charge in [-0.3, -0.25) is 9.59 Å². The number of ether oxygens (including phenoxy) is 2. The van der Waals surface area contributed by atoms with E-state index in [0.717, 1.165) is 92.6 Å². The van der Waals surface area contributed by atoms with Crippen LogP contribution in [0.15, 0.2) is 85.1 Å². The summed E-state index contributed by atoms with van der Waals surface area (Å²) >= 11 is 0. The van der Waals surface area contributed by atoms with Crippen LogP contribution in [-0.2, 0) is 19.1 Å². The molecule has 4 aromatic carbocycles. The molecule has 322 valence electrons. The van der Waals surface area contributed by atoms with Crippen molar-refractivity contribution in [3.63, 3.8) is 0 Å². The smallest absolute Gasteiger partial charge is 0.407 e. The van der Waals surface area contributed by atoms with Crippen molar-refractivity contribution in [1.82, 2.24) is 40.4 Å². The first-order valence-corrected chi connectivity index (χ1v) is 21.4. The van der Waals surface area contributed by atoms with Gasteiger partial charge in [-0.25, -0.2) is 19.6 Å². The van der Waals surface area contributed by atoms with Crippen LogP contribution < -0.4 is 10.6 Å². The number of carbonyl (C=O) groups is 4. The van der Waals surface area contributed by atoms with Gasteiger partial charge in [0.2, 0.25) is 11.8 Å². The lowest BCUT2D eigenvalue weighted by molar-refractivity contribution is -0.136. The minimum absolute atomic E-state index is 0.107. The van der Waals surface area contributed by atoms with Gasteiger partial charge < -0.3 is 39.9 Å². The molecular weight excluding hydrogens is 785 g/mol. The molecule has 8 rings (SSSR count). The Bertz CT molecular complexity index is 2620. The summed E-state index contributed by atoms with van der Waals surface area (Å²) in [5.74, 6) is 0.978. The predicted octanol–water partition coefficient (Wildman–Crippen LogP) is 8.53. The van der Waals surface area contributed by atoms with Gasteiger partial charge in [0.05, 0.1) is 49.2 Å². The molecule has 14 heteroatoms. The van der Waals surface area contributed by atoms with E-state index in [2.05, 4.69) is 93.4 Å². The van der Waals surface area contributed by atoms with E-state index in [4.69, 9.17) is 19.4 Å². The number of amides is 4. The van der Waals surface area contributed by atoms with Crippen LogP contribution in [0.2, 0.25) is 0 Å². The molecule has 2 aliphatic heterocycles. The minimum Gasteiger partial charge on any atom is -0.453 e. The number of benzene rings is 4. The Morgan fingerprint density at radius 3 is 1.69 bits per heavy atom. The Kier molecular flexibility index (Phi) is 12.0. The number of nitrogens with zero attached hydrogens (tertiary/aromatic N) is 4. The second-order valence-corrected chi connectivity index (χ2v) is 17.0. The standard InChI is InChI=1S/C48H54N8O6/c1-27(2)41(53-47(59)61-5)45(57)55-21-7-9-39(55)43-49-26-38(52-43)31-15-11-29(12-16-31)32-17-13-30-14-18-33(24-35(30)23-32)34-19-20-36-37(25-34)51-44(50-36)40-10-8-22-56(40)46(58)42(28(3)4)54-48(60)62-6/h11-20,23-28,39-42H,7-10,21-22H2,1-6H3,(H,49,52)(H,50,51)(H,53,59)(H,54,60)/t39-,40-,41-,42-/m0/s1. The average molecular weight is 839 g/mol. The van der Waals surface area contributed by atoms with Crippen LogP contribution in [0.1, 0.15) is 77.1 Å². The van der Waals surface area contributed by atoms with E-state index in [-0.39, 0.29) is 35.7 Å². The van der Waals surface area contributed by atoms with Crippen molar-refractivity contribution in [3.8, 4) is 33.5 Å². The third-order valence-electron chi connectivity index (χ3n) is 12.3. The Hall–Kier alpha value is -6.70. The zero-order valence-corrected chi connectivity index (χ0v) is 36.0. The summed E-state index contributed by atoms with van der Waals surface area (Å²) in [6, 6.07) is 25.8. The molecule has 0 bridgehead atoms. The van der Waals surface area contributed by atoms with Crippen molar-refractivity contribution in [2.45, 2.75) is 77.5 Å². The molecule has 0 aliphatic carbocycles. The molecule has 62 heavy (non-hydrogen) atoms. The number of fused-ring (bicyclic) bond motifs is 2. The van der Waals surface area contributed by atoms with Crippen LogP contribution in [-0.4, -0.2) is 93.1 Å². The van der Waals surface area contributed by atoms with Crippen LogP contribution >= 0.6 is 0 Å². The highest BCUT2D eigenvalue weighted by Crippen LogP contribution is 2.36. The van der Waals surface area contributed by atoms with Gasteiger partial charge in [0, 0.05) is 13.1 Å². The third kappa shape index (κ3) is 8.46. The summed E-state index contributed by atoms with van der Waals surface area (Å²) in [6.45, 7) is 8.82. The van der Waals surface area contributed by atoms with Crippen molar-refractivity contribution < 1.29 is 28.7 Å². The van der Waals surface area contributed by atoms with E-state index >= 15 is 0 Å². The summed E-state index contributed by atoms with van der Waals surface area (Å²) in [4.78, 5) is 71.6. The van der Waals surface area contributed by atoms with Crippen LogP contribution in [0.4, 0.5) is 9.59 Å². The zero-order chi connectivity index (χ0) is 43.7. The van der Waals surface area contributed by atoms with E-state index in [1.54, 1.807) is 0 Å². The Morgan fingerprint density at radius 1 is 0.629 bits per heavy atom. The van der Waals surface area contributed by atoms with E-state index in [9.17, 15) is 19.2 Å². The molecule has 2 aliphatic rings. The Balaban J connectivity index is 0.976. The molecule has 4 amide bonds. The maximum Gasteiger partial charge on any atom is 0.407 e. The maximum atomic E-state index is 13.7. The lowest BCUT2D eigenvalue weighted by Gasteiger charge is -2.30. The average Bonchev–Trinajstić information content (AvgIpc) is 4.12. The molecule has 14 nitrogen and oxygen atoms in total. The van der Waals surface area contributed by atoms with E-state index in [1.807, 2.05) is 49.8 Å². The fourth-order valence-electron chi connectivity index (χ4n) is 8.85. The van der Waals surface area contributed by atoms with E-state index in [0.29, 0.717) is 13.1 Å². The summed E-state index contributed by atoms with van der Waals surface area (Å²) in [5, 5.41) is 7.67. The number of H-pyrrole nitrogens is 2. The molecule has 2 fully saturated rings. The predicted molar refractivity (Wildman–Crippen MR) is 238 cm³/mol. The number of carbonyl (C=O) groups excluding carboxylic acids is 4. The highest BCUT2D eigenvalue weighted by Gasteiger charge is 2.39. The van der Waals surface area contributed by atoms with Crippen LogP contribution in [0, 0.1) is 11.8 Å². The van der Waals surface area contributed by atoms with Gasteiger partial charge in [-0.1, -0.05) is 82.3 Å². The van der Waals surface area contributed by atoms with Crippen LogP contribution in [0.5, 0.6) is 0 Å². The second kappa shape index (κ2) is 17.7. The highest BCUT2D eigenvalue weighted by molar-refractivity contribution is 5.93. The molecule has 4 N–H and O–H groups in total. The maximum absolute atomic E-state index is 13.7. The summed E-state index contributed by atoms with van der Waals surface area (Å²) in [5.41, 5.74) is 7.87. The monoisotopic (exact) mass is 838 g/mol. The number of likely N-dealkylation sites (tertiary alicyclic amines) is 2. The lowest BCUT2D eigenvalue weighted by Crippen LogP contribution is -2.51. The fourth-order valence-corrected chi connectivity index (χ4v) is 8.85. The molecule has 2 aromatic heterocycles. The first-order valence-electron chi connectivity index (χ1n) is 21.4. The molecule has 4 heterocycles. The molecule has 4 atom stereocenters. The quantitative estimate of drug-likeness (QED) is 0.100. The van der Waals surface area contributed by atoms with Gasteiger partial charge in [-0.15, -0.1) is 0 Å². The van der Waals surface area contributed by atoms with Gasteiger partial charge in [0.25, 0.3) is 0 Å². The number of aromatic amines is 2. The van der Waals surface area contributed by atoms with Crippen molar-refractivity contribution in [3.05, 3.63) is 96.7 Å². The van der Waals surface area contributed by atoms with E-state index in [1.165, 1.54) is 14.2 Å². The van der Waals surface area contributed by atoms with Crippen molar-refractivity contribution in [1.29, 1.82) is 0 Å². The number of aromatic nitrogens is 4. The second-order valence-electron chi connectivity index (χ2n) is 17.0. The van der Waals surface area contributed by atoms with Gasteiger partial charge in [0.15, 0.2) is 0 Å². The SMILES string of the molecule is COC(=O)N[C@H](C(=O)N1CCC[C@H]1c1ncc(-c2ccc(-c3ccc4ccc(-c5ccc6nc([C@@H]7CCCN7C(=O)[C@@H](NC(=O)OC)C(C)C)[nH]c6c5)cc4c3)cc2)[nH]1)C(C)C. The Labute approximate surface area is 360 Å². The normalized spacial score (nSPS) is 17.5. The molecule has 0 radical (unpaired) electrons. The molecular formula is C48H54N8O6. The van der Waals surface area contributed by atoms with Gasteiger partial charge in [0.1, 0.15) is 23.7 Å². The van der Waals surface area contributed by atoms with E-state index < -0.39 is 24.3 Å². The van der Waals surface area contributed by atoms with Crippen molar-refractivity contribution in [2.75, 3.05) is 27.3 Å². The number of methoxy groups -OCH3 is 2. The first-order chi connectivity index (χ1) is 29.9. The fraction of sp³-hybridized carbons (Fsp3) is 0.375. The summed E-state index contributed by atoms with van der Waals surface area (Å²) in [7, 11) is 2.59. The molecule has 0 unspecified atom stereocenters. The number of alkyl carbamates (subject to hydrolysis) is 2. The topological polar surface area (TPSA) is 175 Å². The summed E-state index contributed by atoms with van der Waals surface area (Å²) < 4.78 is 9.56. The lowest BCUT2D eigenvalue weighted by atomic mass is 9.97. The molecule has 0 saturated carbocycles. The van der Waals surface area contributed by atoms with Gasteiger partial charge >= 0.3 is 12.2 Å². The number of hydrogen-bond donors (Lipinski definition) is 4. The zero-order valence-electron chi connectivity index (χ0n) is 36.0. The largest absolute Gasteiger partial charge is 0.453 e. The molecule has 0 spiro atoms. The summed E-state index contributed by atoms with van der Waals surface area (Å²) in [6.07, 6.45) is 3.83. The van der Waals surface area contributed by atoms with Crippen LogP contribution in [0.25, 0.3) is 55.3 Å². The first kappa shape index (κ1) is 42.0.